The van der Waals surface area contributed by atoms with Gasteiger partial charge in [-0.15, -0.1) is 0 Å². The van der Waals surface area contributed by atoms with Crippen molar-refractivity contribution >= 4 is 44.4 Å². The predicted molar refractivity (Wildman–Crippen MR) is 90.8 cm³/mol. The van der Waals surface area contributed by atoms with Crippen LogP contribution in [0, 0.1) is 3.57 Å². The van der Waals surface area contributed by atoms with Gasteiger partial charge in [-0.25, -0.2) is 0 Å². The Morgan fingerprint density at radius 1 is 1.25 bits per heavy atom. The molecule has 0 heterocycles. The van der Waals surface area contributed by atoms with E-state index in [-0.39, 0.29) is 17.7 Å². The molecule has 1 unspecified atom stereocenters. The number of nitrogens with one attached hydrogen (secondary N) is 1. The fourth-order valence-electron chi connectivity index (χ4n) is 1.77. The number of phenolic OH excluding ortho intramolecular Hbond substituents is 1. The Balaban J connectivity index is 2.10. The van der Waals surface area contributed by atoms with Crippen LogP contribution < -0.4 is 5.32 Å². The first-order valence-corrected chi connectivity index (χ1v) is 7.89. The summed E-state index contributed by atoms with van der Waals surface area (Å²) in [6, 6.07) is 12.6. The second kappa shape index (κ2) is 6.58. The zero-order valence-corrected chi connectivity index (χ0v) is 14.5. The van der Waals surface area contributed by atoms with Crippen molar-refractivity contribution in [2.45, 2.75) is 13.0 Å². The summed E-state index contributed by atoms with van der Waals surface area (Å²) in [5, 5.41) is 12.5. The van der Waals surface area contributed by atoms with Gasteiger partial charge in [-0.2, -0.15) is 0 Å². The summed E-state index contributed by atoms with van der Waals surface area (Å²) in [5.74, 6) is -0.0818. The van der Waals surface area contributed by atoms with Gasteiger partial charge in [-0.1, -0.05) is 28.1 Å². The van der Waals surface area contributed by atoms with Gasteiger partial charge in [0.05, 0.1) is 9.61 Å². The van der Waals surface area contributed by atoms with Crippen molar-refractivity contribution < 1.29 is 9.90 Å². The van der Waals surface area contributed by atoms with Crippen molar-refractivity contribution in [3.8, 4) is 5.75 Å². The highest BCUT2D eigenvalue weighted by Gasteiger charge is 2.12. The Labute approximate surface area is 139 Å². The lowest BCUT2D eigenvalue weighted by molar-refractivity contribution is 0.0939. The van der Waals surface area contributed by atoms with Gasteiger partial charge < -0.3 is 10.4 Å². The van der Waals surface area contributed by atoms with Crippen LogP contribution in [0.1, 0.15) is 28.9 Å². The number of halogens is 2. The maximum atomic E-state index is 12.1. The van der Waals surface area contributed by atoms with Crippen LogP contribution in [-0.2, 0) is 0 Å². The zero-order valence-electron chi connectivity index (χ0n) is 10.7. The minimum atomic E-state index is -0.202. The van der Waals surface area contributed by atoms with E-state index < -0.39 is 0 Å². The van der Waals surface area contributed by atoms with Crippen molar-refractivity contribution in [3.05, 3.63) is 61.6 Å². The van der Waals surface area contributed by atoms with E-state index in [1.54, 1.807) is 12.1 Å². The summed E-state index contributed by atoms with van der Waals surface area (Å²) in [6.45, 7) is 1.92. The largest absolute Gasteiger partial charge is 0.507 e. The lowest BCUT2D eigenvalue weighted by Crippen LogP contribution is -2.26. The maximum absolute atomic E-state index is 12.1. The maximum Gasteiger partial charge on any atom is 0.251 e. The highest BCUT2D eigenvalue weighted by atomic mass is 127. The molecular formula is C15H13BrINO2. The molecular weight excluding hydrogens is 433 g/mol. The molecule has 104 valence electrons. The topological polar surface area (TPSA) is 49.3 Å². The van der Waals surface area contributed by atoms with Gasteiger partial charge in [-0.05, 0) is 65.4 Å². The Bertz CT molecular complexity index is 628. The molecule has 2 aromatic carbocycles. The first kappa shape index (κ1) is 15.3. The molecule has 0 aliphatic carbocycles. The molecule has 0 saturated carbocycles. The van der Waals surface area contributed by atoms with E-state index in [9.17, 15) is 9.90 Å². The lowest BCUT2D eigenvalue weighted by atomic mass is 10.1. The van der Waals surface area contributed by atoms with E-state index in [2.05, 4.69) is 21.2 Å². The zero-order chi connectivity index (χ0) is 14.7. The number of rotatable bonds is 3. The average Bonchev–Trinajstić information content (AvgIpc) is 2.42. The Kier molecular flexibility index (Phi) is 5.04. The second-order valence-electron chi connectivity index (χ2n) is 4.41. The van der Waals surface area contributed by atoms with Crippen molar-refractivity contribution in [3.63, 3.8) is 0 Å². The Morgan fingerprint density at radius 2 is 1.90 bits per heavy atom. The van der Waals surface area contributed by atoms with E-state index in [1.807, 2.05) is 53.8 Å². The monoisotopic (exact) mass is 445 g/mol. The van der Waals surface area contributed by atoms with E-state index in [0.29, 0.717) is 5.56 Å². The fraction of sp³-hybridized carbons (Fsp3) is 0.133. The number of hydrogen-bond donors (Lipinski definition) is 2. The van der Waals surface area contributed by atoms with Crippen LogP contribution in [0.4, 0.5) is 0 Å². The summed E-state index contributed by atoms with van der Waals surface area (Å²) in [7, 11) is 0. The summed E-state index contributed by atoms with van der Waals surface area (Å²) in [6.07, 6.45) is 0. The molecule has 0 bridgehead atoms. The summed E-state index contributed by atoms with van der Waals surface area (Å²) in [5.41, 5.74) is 1.48. The van der Waals surface area contributed by atoms with Gasteiger partial charge in [0, 0.05) is 10.0 Å². The van der Waals surface area contributed by atoms with Crippen LogP contribution in [0.15, 0.2) is 46.9 Å². The van der Waals surface area contributed by atoms with Gasteiger partial charge >= 0.3 is 0 Å². The lowest BCUT2D eigenvalue weighted by Gasteiger charge is -2.14. The summed E-state index contributed by atoms with van der Waals surface area (Å²) < 4.78 is 1.72. The van der Waals surface area contributed by atoms with Crippen LogP contribution >= 0.6 is 38.5 Å². The number of amides is 1. The van der Waals surface area contributed by atoms with Crippen molar-refractivity contribution in [1.82, 2.24) is 5.32 Å². The van der Waals surface area contributed by atoms with Crippen molar-refractivity contribution in [2.24, 2.45) is 0 Å². The molecule has 20 heavy (non-hydrogen) atoms. The van der Waals surface area contributed by atoms with Crippen LogP contribution in [0.3, 0.4) is 0 Å². The third-order valence-corrected chi connectivity index (χ3v) is 4.37. The molecule has 0 aliphatic heterocycles. The normalized spacial score (nSPS) is 11.9. The molecule has 0 aliphatic rings. The van der Waals surface area contributed by atoms with E-state index in [4.69, 9.17) is 0 Å². The van der Waals surface area contributed by atoms with E-state index in [1.165, 1.54) is 6.07 Å². The van der Waals surface area contributed by atoms with Crippen molar-refractivity contribution in [2.75, 3.05) is 0 Å². The molecule has 0 spiro atoms. The van der Waals surface area contributed by atoms with Gasteiger partial charge in [0.1, 0.15) is 5.75 Å². The highest BCUT2D eigenvalue weighted by molar-refractivity contribution is 14.1. The Morgan fingerprint density at radius 3 is 2.50 bits per heavy atom. The molecule has 2 rings (SSSR count). The molecule has 1 amide bonds. The number of benzene rings is 2. The van der Waals surface area contributed by atoms with E-state index >= 15 is 0 Å². The van der Waals surface area contributed by atoms with E-state index in [0.717, 1.165) is 13.6 Å². The second-order valence-corrected chi connectivity index (χ2v) is 6.49. The molecule has 2 aromatic rings. The molecule has 5 heteroatoms. The van der Waals surface area contributed by atoms with Crippen LogP contribution in [0.5, 0.6) is 5.75 Å². The van der Waals surface area contributed by atoms with Gasteiger partial charge in [0.15, 0.2) is 0 Å². The average molecular weight is 446 g/mol. The smallest absolute Gasteiger partial charge is 0.251 e. The summed E-state index contributed by atoms with van der Waals surface area (Å²) >= 11 is 5.40. The molecule has 1 atom stereocenters. The van der Waals surface area contributed by atoms with Crippen LogP contribution in [0.25, 0.3) is 0 Å². The minimum Gasteiger partial charge on any atom is -0.507 e. The first-order valence-electron chi connectivity index (χ1n) is 6.02. The number of carbonyl (C=O) groups is 1. The molecule has 0 fully saturated rings. The number of phenols is 1. The standard InChI is InChI=1S/C15H13BrINO2/c1-9(10-2-5-12(16)6-3-10)18-15(20)11-4-7-13(17)14(19)8-11/h2-9,19H,1H3,(H,18,20). The third kappa shape index (κ3) is 3.73. The third-order valence-electron chi connectivity index (χ3n) is 2.93. The van der Waals surface area contributed by atoms with Crippen molar-refractivity contribution in [1.29, 1.82) is 0 Å². The number of aromatic hydroxyl groups is 1. The molecule has 0 radical (unpaired) electrons. The van der Waals surface area contributed by atoms with Crippen LogP contribution in [0.2, 0.25) is 0 Å². The quantitative estimate of drug-likeness (QED) is 0.694. The number of carbonyl (C=O) groups excluding carboxylic acids is 1. The van der Waals surface area contributed by atoms with Gasteiger partial charge in [-0.3, -0.25) is 4.79 Å². The molecule has 0 saturated heterocycles. The molecule has 2 N–H and O–H groups in total. The molecule has 0 aromatic heterocycles. The van der Waals surface area contributed by atoms with Gasteiger partial charge in [0.2, 0.25) is 0 Å². The SMILES string of the molecule is CC(NC(=O)c1ccc(I)c(O)c1)c1ccc(Br)cc1. The Hall–Kier alpha value is -1.08. The highest BCUT2D eigenvalue weighted by Crippen LogP contribution is 2.21. The van der Waals surface area contributed by atoms with Crippen LogP contribution in [-0.4, -0.2) is 11.0 Å². The first-order chi connectivity index (χ1) is 9.47. The minimum absolute atomic E-state index is 0.1000. The summed E-state index contributed by atoms with van der Waals surface area (Å²) in [4.78, 5) is 12.1. The van der Waals surface area contributed by atoms with Gasteiger partial charge in [0.25, 0.3) is 5.91 Å². The molecule has 3 nitrogen and oxygen atoms in total. The number of hydrogen-bond acceptors (Lipinski definition) is 2. The fourth-order valence-corrected chi connectivity index (χ4v) is 2.37. The predicted octanol–water partition coefficient (Wildman–Crippen LogP) is 4.25.